The molecule has 24 heavy (non-hydrogen) atoms. The van der Waals surface area contributed by atoms with Gasteiger partial charge in [-0.2, -0.15) is 0 Å². The first-order valence-electron chi connectivity index (χ1n) is 8.22. The van der Waals surface area contributed by atoms with Crippen molar-refractivity contribution in [1.82, 2.24) is 0 Å². The Morgan fingerprint density at radius 2 is 1.96 bits per heavy atom. The van der Waals surface area contributed by atoms with Crippen molar-refractivity contribution in [3.05, 3.63) is 51.7 Å². The van der Waals surface area contributed by atoms with E-state index in [9.17, 15) is 9.59 Å². The van der Waals surface area contributed by atoms with Crippen LogP contribution in [0.4, 0.5) is 5.69 Å². The molecule has 2 aromatic rings. The van der Waals surface area contributed by atoms with E-state index in [0.29, 0.717) is 4.88 Å². The number of carbonyl (C=O) groups excluding carboxylic acids is 2. The van der Waals surface area contributed by atoms with Gasteiger partial charge in [0.1, 0.15) is 4.88 Å². The Morgan fingerprint density at radius 3 is 2.62 bits per heavy atom. The first-order valence-corrected chi connectivity index (χ1v) is 9.03. The summed E-state index contributed by atoms with van der Waals surface area (Å²) in [5.74, 6) is -0.617. The van der Waals surface area contributed by atoms with Gasteiger partial charge in [0.25, 0.3) is 5.91 Å². The van der Waals surface area contributed by atoms with Crippen LogP contribution in [-0.4, -0.2) is 24.5 Å². The number of rotatable bonds is 5. The molecule has 0 atom stereocenters. The van der Waals surface area contributed by atoms with Crippen LogP contribution in [0.25, 0.3) is 0 Å². The number of fused-ring (bicyclic) bond motifs is 1. The predicted molar refractivity (Wildman–Crippen MR) is 95.7 cm³/mol. The van der Waals surface area contributed by atoms with E-state index in [1.807, 2.05) is 50.2 Å². The number of hydrogen-bond donors (Lipinski definition) is 0. The van der Waals surface area contributed by atoms with E-state index in [1.165, 1.54) is 21.8 Å². The Morgan fingerprint density at radius 1 is 1.21 bits per heavy atom. The third kappa shape index (κ3) is 3.51. The number of anilines is 1. The highest BCUT2D eigenvalue weighted by Crippen LogP contribution is 2.31. The summed E-state index contributed by atoms with van der Waals surface area (Å²) in [6.07, 6.45) is 3.24. The van der Waals surface area contributed by atoms with Gasteiger partial charge in [0.15, 0.2) is 6.61 Å². The second-order valence-electron chi connectivity index (χ2n) is 6.18. The molecule has 0 unspecified atom stereocenters. The molecule has 3 rings (SSSR count). The highest BCUT2D eigenvalue weighted by Gasteiger charge is 2.23. The first-order chi connectivity index (χ1) is 11.6. The fraction of sp³-hybridized carbons (Fsp3) is 0.368. The summed E-state index contributed by atoms with van der Waals surface area (Å²) in [6.45, 7) is 3.64. The van der Waals surface area contributed by atoms with Gasteiger partial charge in [-0.25, -0.2) is 4.79 Å². The zero-order chi connectivity index (χ0) is 17.1. The topological polar surface area (TPSA) is 46.6 Å². The quantitative estimate of drug-likeness (QED) is 0.775. The Balaban J connectivity index is 1.64. The first kappa shape index (κ1) is 16.7. The second kappa shape index (κ2) is 7.18. The molecule has 0 fully saturated rings. The number of esters is 1. The Bertz CT molecular complexity index is 715. The Kier molecular flexibility index (Phi) is 5.00. The van der Waals surface area contributed by atoms with Crippen LogP contribution in [-0.2, 0) is 22.4 Å². The molecule has 126 valence electrons. The van der Waals surface area contributed by atoms with E-state index < -0.39 is 5.97 Å². The molecule has 1 aromatic heterocycles. The van der Waals surface area contributed by atoms with Gasteiger partial charge in [-0.3, -0.25) is 4.79 Å². The second-order valence-corrected chi connectivity index (χ2v) is 7.32. The normalized spacial score (nSPS) is 13.0. The van der Waals surface area contributed by atoms with E-state index in [1.54, 1.807) is 4.90 Å². The van der Waals surface area contributed by atoms with Gasteiger partial charge in [0.05, 0.1) is 0 Å². The average Bonchev–Trinajstić information content (AvgIpc) is 3.15. The smallest absolute Gasteiger partial charge is 0.348 e. The number of ether oxygens (including phenoxy) is 1. The van der Waals surface area contributed by atoms with Crippen LogP contribution in [0.3, 0.4) is 0 Å². The molecule has 5 heteroatoms. The fourth-order valence-corrected chi connectivity index (χ4v) is 4.16. The minimum absolute atomic E-state index is 0.0101. The summed E-state index contributed by atoms with van der Waals surface area (Å²) in [7, 11) is 0. The van der Waals surface area contributed by atoms with Crippen LogP contribution in [0.1, 0.15) is 40.4 Å². The number of hydrogen-bond acceptors (Lipinski definition) is 4. The molecule has 0 saturated carbocycles. The highest BCUT2D eigenvalue weighted by molar-refractivity contribution is 7.14. The number of aryl methyl sites for hydroxylation is 2. The molecule has 1 heterocycles. The number of carbonyl (C=O) groups is 2. The maximum absolute atomic E-state index is 12.5. The van der Waals surface area contributed by atoms with Gasteiger partial charge < -0.3 is 9.64 Å². The minimum atomic E-state index is -0.403. The van der Waals surface area contributed by atoms with Crippen LogP contribution in [0.5, 0.6) is 0 Å². The lowest BCUT2D eigenvalue weighted by atomic mass is 10.2. The lowest BCUT2D eigenvalue weighted by Gasteiger charge is -2.26. The summed E-state index contributed by atoms with van der Waals surface area (Å²) in [5, 5.41) is 0. The van der Waals surface area contributed by atoms with Crippen molar-refractivity contribution in [3.63, 3.8) is 0 Å². The zero-order valence-corrected chi connectivity index (χ0v) is 14.8. The molecule has 1 aromatic carbocycles. The van der Waals surface area contributed by atoms with Crippen LogP contribution in [0.2, 0.25) is 0 Å². The monoisotopic (exact) mass is 343 g/mol. The van der Waals surface area contributed by atoms with Crippen LogP contribution in [0.15, 0.2) is 36.4 Å². The molecular weight excluding hydrogens is 322 g/mol. The molecule has 0 bridgehead atoms. The van der Waals surface area contributed by atoms with E-state index >= 15 is 0 Å². The molecule has 0 spiro atoms. The number of amides is 1. The van der Waals surface area contributed by atoms with E-state index in [2.05, 4.69) is 0 Å². The lowest BCUT2D eigenvalue weighted by Crippen LogP contribution is -2.39. The summed E-state index contributed by atoms with van der Waals surface area (Å²) in [6, 6.07) is 11.3. The molecule has 0 N–H and O–H groups in total. The summed E-state index contributed by atoms with van der Waals surface area (Å²) in [4.78, 5) is 28.2. The lowest BCUT2D eigenvalue weighted by molar-refractivity contribution is -0.122. The average molecular weight is 343 g/mol. The van der Waals surface area contributed by atoms with Gasteiger partial charge in [0, 0.05) is 16.6 Å². The number of thiophene rings is 1. The van der Waals surface area contributed by atoms with E-state index in [0.717, 1.165) is 24.9 Å². The molecule has 1 amide bonds. The maximum Gasteiger partial charge on any atom is 0.348 e. The third-order valence-electron chi connectivity index (χ3n) is 4.09. The van der Waals surface area contributed by atoms with Crippen molar-refractivity contribution in [2.24, 2.45) is 0 Å². The van der Waals surface area contributed by atoms with Crippen LogP contribution < -0.4 is 4.90 Å². The molecule has 0 saturated heterocycles. The van der Waals surface area contributed by atoms with Crippen molar-refractivity contribution < 1.29 is 14.3 Å². The summed E-state index contributed by atoms with van der Waals surface area (Å²) >= 11 is 1.49. The third-order valence-corrected chi connectivity index (χ3v) is 5.31. The van der Waals surface area contributed by atoms with Gasteiger partial charge in [0.2, 0.25) is 0 Å². The predicted octanol–water partition coefficient (Wildman–Crippen LogP) is 3.84. The van der Waals surface area contributed by atoms with Gasteiger partial charge in [-0.15, -0.1) is 11.3 Å². The van der Waals surface area contributed by atoms with Gasteiger partial charge >= 0.3 is 5.97 Å². The minimum Gasteiger partial charge on any atom is -0.451 e. The zero-order valence-electron chi connectivity index (χ0n) is 14.0. The van der Waals surface area contributed by atoms with Gasteiger partial charge in [-0.05, 0) is 56.9 Å². The highest BCUT2D eigenvalue weighted by atomic mass is 32.1. The fourth-order valence-electron chi connectivity index (χ4n) is 3.02. The largest absolute Gasteiger partial charge is 0.451 e. The number of para-hydroxylation sites is 1. The molecule has 0 radical (unpaired) electrons. The van der Waals surface area contributed by atoms with E-state index in [4.69, 9.17) is 4.74 Å². The van der Waals surface area contributed by atoms with Crippen molar-refractivity contribution in [3.8, 4) is 0 Å². The van der Waals surface area contributed by atoms with E-state index in [-0.39, 0.29) is 18.6 Å². The molecular formula is C19H21NO3S. The van der Waals surface area contributed by atoms with Crippen molar-refractivity contribution >= 4 is 28.9 Å². The summed E-state index contributed by atoms with van der Waals surface area (Å²) in [5.41, 5.74) is 2.06. The van der Waals surface area contributed by atoms with Crippen molar-refractivity contribution in [2.75, 3.05) is 11.5 Å². The number of benzene rings is 1. The van der Waals surface area contributed by atoms with Crippen LogP contribution >= 0.6 is 11.3 Å². The molecule has 1 aliphatic carbocycles. The summed E-state index contributed by atoms with van der Waals surface area (Å²) < 4.78 is 5.26. The van der Waals surface area contributed by atoms with Crippen LogP contribution in [0, 0.1) is 0 Å². The molecule has 0 aliphatic heterocycles. The Labute approximate surface area is 146 Å². The standard InChI is InChI=1S/C19H21NO3S/c1-13(2)20(15-8-4-3-5-9-15)18(21)12-23-19(22)17-11-14-7-6-10-16(14)24-17/h3-5,8-9,11,13H,6-7,10,12H2,1-2H3. The molecule has 1 aliphatic rings. The van der Waals surface area contributed by atoms with Crippen molar-refractivity contribution in [2.45, 2.75) is 39.2 Å². The van der Waals surface area contributed by atoms with Gasteiger partial charge in [-0.1, -0.05) is 18.2 Å². The molecule has 4 nitrogen and oxygen atoms in total. The maximum atomic E-state index is 12.5. The SMILES string of the molecule is CC(C)N(C(=O)COC(=O)c1cc2c(s1)CCC2)c1ccccc1. The Hall–Kier alpha value is -2.14. The van der Waals surface area contributed by atoms with Crippen molar-refractivity contribution in [1.29, 1.82) is 0 Å². The number of nitrogens with zero attached hydrogens (tertiary/aromatic N) is 1.